The van der Waals surface area contributed by atoms with Crippen LogP contribution in [-0.2, 0) is 0 Å². The van der Waals surface area contributed by atoms with E-state index in [2.05, 4.69) is 29.1 Å². The van der Waals surface area contributed by atoms with E-state index in [1.54, 1.807) is 12.1 Å². The largest absolute Gasteiger partial charge is 0.304 e. The SMILES string of the molecule is CC(C)c1ccc(C(=O)Nc2nccnc2Cl)cc1. The first-order valence-electron chi connectivity index (χ1n) is 5.95. The summed E-state index contributed by atoms with van der Waals surface area (Å²) in [5, 5.41) is 2.81. The van der Waals surface area contributed by atoms with Crippen LogP contribution in [0.4, 0.5) is 5.82 Å². The fraction of sp³-hybridized carbons (Fsp3) is 0.214. The molecule has 4 nitrogen and oxygen atoms in total. The third-order valence-electron chi connectivity index (χ3n) is 2.73. The lowest BCUT2D eigenvalue weighted by molar-refractivity contribution is 0.102. The van der Waals surface area contributed by atoms with E-state index >= 15 is 0 Å². The number of hydrogen-bond acceptors (Lipinski definition) is 3. The van der Waals surface area contributed by atoms with Gasteiger partial charge in [-0.05, 0) is 23.6 Å². The summed E-state index contributed by atoms with van der Waals surface area (Å²) in [6.07, 6.45) is 2.94. The number of aromatic nitrogens is 2. The maximum Gasteiger partial charge on any atom is 0.256 e. The van der Waals surface area contributed by atoms with Crippen molar-refractivity contribution in [3.63, 3.8) is 0 Å². The molecule has 0 saturated heterocycles. The van der Waals surface area contributed by atoms with Crippen molar-refractivity contribution in [2.75, 3.05) is 5.32 Å². The highest BCUT2D eigenvalue weighted by atomic mass is 35.5. The summed E-state index contributed by atoms with van der Waals surface area (Å²) < 4.78 is 0. The van der Waals surface area contributed by atoms with Crippen LogP contribution in [-0.4, -0.2) is 15.9 Å². The smallest absolute Gasteiger partial charge is 0.256 e. The third-order valence-corrected chi connectivity index (χ3v) is 3.00. The molecule has 0 aliphatic heterocycles. The fourth-order valence-corrected chi connectivity index (χ4v) is 1.76. The van der Waals surface area contributed by atoms with Crippen LogP contribution < -0.4 is 5.32 Å². The van der Waals surface area contributed by atoms with E-state index in [4.69, 9.17) is 11.6 Å². The molecule has 1 aromatic heterocycles. The minimum absolute atomic E-state index is 0.176. The molecule has 0 unspecified atom stereocenters. The number of anilines is 1. The number of carbonyl (C=O) groups excluding carboxylic acids is 1. The predicted octanol–water partition coefficient (Wildman–Crippen LogP) is 3.51. The van der Waals surface area contributed by atoms with Crippen LogP contribution in [0.3, 0.4) is 0 Å². The lowest BCUT2D eigenvalue weighted by Gasteiger charge is -2.08. The summed E-state index contributed by atoms with van der Waals surface area (Å²) >= 11 is 5.83. The normalized spacial score (nSPS) is 10.5. The molecule has 1 aromatic carbocycles. The summed E-state index contributed by atoms with van der Waals surface area (Å²) in [7, 11) is 0. The molecule has 1 heterocycles. The molecule has 0 atom stereocenters. The molecule has 98 valence electrons. The number of carbonyl (C=O) groups is 1. The molecule has 0 bridgehead atoms. The van der Waals surface area contributed by atoms with Crippen molar-refractivity contribution in [1.82, 2.24) is 9.97 Å². The number of benzene rings is 1. The molecular weight excluding hydrogens is 262 g/mol. The molecule has 19 heavy (non-hydrogen) atoms. The van der Waals surface area contributed by atoms with Gasteiger partial charge in [0.15, 0.2) is 11.0 Å². The molecule has 0 spiro atoms. The zero-order valence-electron chi connectivity index (χ0n) is 10.7. The number of nitrogens with one attached hydrogen (secondary N) is 1. The molecule has 0 saturated carbocycles. The Bertz CT molecular complexity index is 581. The molecule has 1 amide bonds. The highest BCUT2D eigenvalue weighted by molar-refractivity contribution is 6.32. The van der Waals surface area contributed by atoms with Crippen LogP contribution in [0.5, 0.6) is 0 Å². The molecule has 0 aliphatic rings. The van der Waals surface area contributed by atoms with Gasteiger partial charge in [0.25, 0.3) is 5.91 Å². The van der Waals surface area contributed by atoms with Gasteiger partial charge in [0.05, 0.1) is 0 Å². The van der Waals surface area contributed by atoms with Gasteiger partial charge in [0.2, 0.25) is 0 Å². The molecule has 2 aromatic rings. The van der Waals surface area contributed by atoms with Gasteiger partial charge < -0.3 is 5.32 Å². The van der Waals surface area contributed by atoms with E-state index < -0.39 is 0 Å². The Morgan fingerprint density at radius 3 is 2.37 bits per heavy atom. The van der Waals surface area contributed by atoms with Crippen molar-refractivity contribution in [2.45, 2.75) is 19.8 Å². The van der Waals surface area contributed by atoms with Gasteiger partial charge >= 0.3 is 0 Å². The highest BCUT2D eigenvalue weighted by Crippen LogP contribution is 2.17. The zero-order chi connectivity index (χ0) is 13.8. The van der Waals surface area contributed by atoms with Crippen molar-refractivity contribution in [3.8, 4) is 0 Å². The topological polar surface area (TPSA) is 54.9 Å². The second-order valence-electron chi connectivity index (χ2n) is 4.43. The molecule has 5 heteroatoms. The summed E-state index contributed by atoms with van der Waals surface area (Å²) in [5.41, 5.74) is 1.75. The molecular formula is C14H14ClN3O. The predicted molar refractivity (Wildman–Crippen MR) is 75.5 cm³/mol. The van der Waals surface area contributed by atoms with Crippen molar-refractivity contribution >= 4 is 23.3 Å². The Balaban J connectivity index is 2.14. The number of hydrogen-bond donors (Lipinski definition) is 1. The average Bonchev–Trinajstić information content (AvgIpc) is 2.41. The maximum atomic E-state index is 12.0. The van der Waals surface area contributed by atoms with Crippen LogP contribution in [0.1, 0.15) is 35.7 Å². The van der Waals surface area contributed by atoms with Gasteiger partial charge in [-0.3, -0.25) is 4.79 Å². The lowest BCUT2D eigenvalue weighted by atomic mass is 10.0. The average molecular weight is 276 g/mol. The van der Waals surface area contributed by atoms with Gasteiger partial charge in [-0.2, -0.15) is 0 Å². The molecule has 0 fully saturated rings. The minimum atomic E-state index is -0.252. The van der Waals surface area contributed by atoms with Crippen LogP contribution in [0.15, 0.2) is 36.7 Å². The Labute approximate surface area is 116 Å². The third kappa shape index (κ3) is 3.29. The summed E-state index contributed by atoms with van der Waals surface area (Å²) in [5.74, 6) is 0.450. The van der Waals surface area contributed by atoms with E-state index in [0.29, 0.717) is 11.5 Å². The van der Waals surface area contributed by atoms with Crippen molar-refractivity contribution in [2.24, 2.45) is 0 Å². The Morgan fingerprint density at radius 1 is 1.16 bits per heavy atom. The first kappa shape index (κ1) is 13.5. The van der Waals surface area contributed by atoms with E-state index in [1.807, 2.05) is 12.1 Å². The minimum Gasteiger partial charge on any atom is -0.304 e. The first-order valence-corrected chi connectivity index (χ1v) is 6.33. The second kappa shape index (κ2) is 5.80. The molecule has 1 N–H and O–H groups in total. The number of nitrogens with zero attached hydrogens (tertiary/aromatic N) is 2. The van der Waals surface area contributed by atoms with E-state index in [9.17, 15) is 4.79 Å². The maximum absolute atomic E-state index is 12.0. The molecule has 0 radical (unpaired) electrons. The van der Waals surface area contributed by atoms with Crippen molar-refractivity contribution < 1.29 is 4.79 Å². The quantitative estimate of drug-likeness (QED) is 0.933. The highest BCUT2D eigenvalue weighted by Gasteiger charge is 2.10. The van der Waals surface area contributed by atoms with Gasteiger partial charge in [-0.15, -0.1) is 0 Å². The summed E-state index contributed by atoms with van der Waals surface area (Å²) in [6.45, 7) is 4.21. The van der Waals surface area contributed by atoms with Crippen LogP contribution in [0, 0.1) is 0 Å². The monoisotopic (exact) mass is 275 g/mol. The fourth-order valence-electron chi connectivity index (χ4n) is 1.60. The number of amides is 1. The van der Waals surface area contributed by atoms with Crippen LogP contribution in [0.2, 0.25) is 5.15 Å². The summed E-state index contributed by atoms with van der Waals surface area (Å²) in [6, 6.07) is 7.46. The Morgan fingerprint density at radius 2 is 1.79 bits per heavy atom. The van der Waals surface area contributed by atoms with Gasteiger partial charge in [0.1, 0.15) is 0 Å². The van der Waals surface area contributed by atoms with Crippen molar-refractivity contribution in [1.29, 1.82) is 0 Å². The van der Waals surface area contributed by atoms with Gasteiger partial charge in [-0.1, -0.05) is 37.6 Å². The van der Waals surface area contributed by atoms with E-state index in [-0.39, 0.29) is 16.9 Å². The van der Waals surface area contributed by atoms with E-state index in [0.717, 1.165) is 0 Å². The van der Waals surface area contributed by atoms with Gasteiger partial charge in [0, 0.05) is 18.0 Å². The Hall–Kier alpha value is -1.94. The van der Waals surface area contributed by atoms with Crippen molar-refractivity contribution in [3.05, 3.63) is 52.9 Å². The number of rotatable bonds is 3. The van der Waals surface area contributed by atoms with Crippen LogP contribution >= 0.6 is 11.6 Å². The Kier molecular flexibility index (Phi) is 4.12. The van der Waals surface area contributed by atoms with Gasteiger partial charge in [-0.25, -0.2) is 9.97 Å². The standard InChI is InChI=1S/C14H14ClN3O/c1-9(2)10-3-5-11(6-4-10)14(19)18-13-12(15)16-7-8-17-13/h3-9H,1-2H3,(H,17,18,19). The molecule has 2 rings (SSSR count). The number of halogens is 1. The van der Waals surface area contributed by atoms with Crippen LogP contribution in [0.25, 0.3) is 0 Å². The first-order chi connectivity index (χ1) is 9.08. The zero-order valence-corrected chi connectivity index (χ0v) is 11.5. The van der Waals surface area contributed by atoms with E-state index in [1.165, 1.54) is 18.0 Å². The summed E-state index contributed by atoms with van der Waals surface area (Å²) in [4.78, 5) is 19.8. The molecule has 0 aliphatic carbocycles. The second-order valence-corrected chi connectivity index (χ2v) is 4.78. The lowest BCUT2D eigenvalue weighted by Crippen LogP contribution is -2.13.